The molecule has 1 N–H and O–H groups in total. The standard InChI is InChI=1S/C20H16ClN3O3/c1-12-8-13-9-14(10-16(21)19(13)27-12)23-18(25)6-7-24-11-22-17-5-3-2-4-15(17)20(24)26/h2-5,8-11H,6-7H2,1H3,(H,23,25). The molecule has 0 aliphatic carbocycles. The smallest absolute Gasteiger partial charge is 0.261 e. The molecule has 0 saturated carbocycles. The Morgan fingerprint density at radius 3 is 2.93 bits per heavy atom. The van der Waals surface area contributed by atoms with Crippen LogP contribution in [0.15, 0.2) is 58.0 Å². The van der Waals surface area contributed by atoms with Gasteiger partial charge in [-0.15, -0.1) is 0 Å². The molecule has 0 aliphatic heterocycles. The molecule has 7 heteroatoms. The summed E-state index contributed by atoms with van der Waals surface area (Å²) in [4.78, 5) is 29.0. The van der Waals surface area contributed by atoms with Crippen LogP contribution in [0.25, 0.3) is 21.9 Å². The minimum Gasteiger partial charge on any atom is -0.460 e. The van der Waals surface area contributed by atoms with Gasteiger partial charge in [0.1, 0.15) is 5.76 Å². The molecule has 0 aliphatic rings. The Hall–Kier alpha value is -3.12. The van der Waals surface area contributed by atoms with Crippen LogP contribution in [0.4, 0.5) is 5.69 Å². The molecule has 4 aromatic rings. The lowest BCUT2D eigenvalue weighted by atomic mass is 10.2. The quantitative estimate of drug-likeness (QED) is 0.576. The molecule has 6 nitrogen and oxygen atoms in total. The van der Waals surface area contributed by atoms with E-state index in [1.54, 1.807) is 30.3 Å². The maximum absolute atomic E-state index is 12.5. The second kappa shape index (κ2) is 6.89. The number of amides is 1. The SMILES string of the molecule is Cc1cc2cc(NC(=O)CCn3cnc4ccccc4c3=O)cc(Cl)c2o1. The molecule has 0 fully saturated rings. The predicted molar refractivity (Wildman–Crippen MR) is 105 cm³/mol. The fraction of sp³-hybridized carbons (Fsp3) is 0.150. The third-order valence-electron chi connectivity index (χ3n) is 4.29. The van der Waals surface area contributed by atoms with E-state index in [4.69, 9.17) is 16.0 Å². The average molecular weight is 382 g/mol. The highest BCUT2D eigenvalue weighted by Gasteiger charge is 2.10. The number of halogens is 1. The van der Waals surface area contributed by atoms with Crippen molar-refractivity contribution in [3.63, 3.8) is 0 Å². The zero-order valence-electron chi connectivity index (χ0n) is 14.5. The van der Waals surface area contributed by atoms with Crippen LogP contribution in [0.3, 0.4) is 0 Å². The van der Waals surface area contributed by atoms with Crippen molar-refractivity contribution in [3.05, 3.63) is 69.9 Å². The highest BCUT2D eigenvalue weighted by Crippen LogP contribution is 2.30. The minimum atomic E-state index is -0.217. The van der Waals surface area contributed by atoms with Crippen molar-refractivity contribution < 1.29 is 9.21 Å². The Morgan fingerprint density at radius 1 is 1.26 bits per heavy atom. The molecule has 2 aromatic heterocycles. The Bertz CT molecular complexity index is 1230. The Morgan fingerprint density at radius 2 is 2.07 bits per heavy atom. The van der Waals surface area contributed by atoms with E-state index in [0.29, 0.717) is 27.2 Å². The van der Waals surface area contributed by atoms with Crippen molar-refractivity contribution in [1.82, 2.24) is 9.55 Å². The molecule has 136 valence electrons. The van der Waals surface area contributed by atoms with Crippen LogP contribution in [-0.4, -0.2) is 15.5 Å². The summed E-state index contributed by atoms with van der Waals surface area (Å²) in [5.74, 6) is 0.532. The molecule has 2 heterocycles. The van der Waals surface area contributed by atoms with Crippen LogP contribution in [0.2, 0.25) is 5.02 Å². The zero-order valence-corrected chi connectivity index (χ0v) is 15.3. The van der Waals surface area contributed by atoms with Gasteiger partial charge in [0.05, 0.1) is 22.3 Å². The Kier molecular flexibility index (Phi) is 4.41. The molecule has 0 saturated heterocycles. The number of nitrogens with zero attached hydrogens (tertiary/aromatic N) is 2. The van der Waals surface area contributed by atoms with Gasteiger partial charge in [0, 0.05) is 24.0 Å². The number of aryl methyl sites for hydroxylation is 2. The van der Waals surface area contributed by atoms with Crippen LogP contribution < -0.4 is 10.9 Å². The maximum Gasteiger partial charge on any atom is 0.261 e. The molecular formula is C20H16ClN3O3. The summed E-state index contributed by atoms with van der Waals surface area (Å²) >= 11 is 6.21. The first kappa shape index (κ1) is 17.3. The number of hydrogen-bond acceptors (Lipinski definition) is 4. The molecule has 27 heavy (non-hydrogen) atoms. The summed E-state index contributed by atoms with van der Waals surface area (Å²) in [6.07, 6.45) is 1.61. The number of carbonyl (C=O) groups is 1. The molecule has 1 amide bonds. The number of nitrogens with one attached hydrogen (secondary N) is 1. The summed E-state index contributed by atoms with van der Waals surface area (Å²) in [6, 6.07) is 12.4. The summed E-state index contributed by atoms with van der Waals surface area (Å²) < 4.78 is 6.96. The van der Waals surface area contributed by atoms with Gasteiger partial charge >= 0.3 is 0 Å². The Balaban J connectivity index is 1.49. The third kappa shape index (κ3) is 3.44. The van der Waals surface area contributed by atoms with Gasteiger partial charge in [-0.3, -0.25) is 14.2 Å². The highest BCUT2D eigenvalue weighted by atomic mass is 35.5. The van der Waals surface area contributed by atoms with E-state index in [2.05, 4.69) is 10.3 Å². The van der Waals surface area contributed by atoms with E-state index in [-0.39, 0.29) is 24.4 Å². The second-order valence-corrected chi connectivity index (χ2v) is 6.70. The number of fused-ring (bicyclic) bond motifs is 2. The molecule has 4 rings (SSSR count). The molecule has 0 radical (unpaired) electrons. The van der Waals surface area contributed by atoms with Crippen LogP contribution in [0.1, 0.15) is 12.2 Å². The number of hydrogen-bond donors (Lipinski definition) is 1. The fourth-order valence-corrected chi connectivity index (χ4v) is 3.29. The number of carbonyl (C=O) groups excluding carboxylic acids is 1. The van der Waals surface area contributed by atoms with E-state index in [1.807, 2.05) is 19.1 Å². The van der Waals surface area contributed by atoms with Gasteiger partial charge < -0.3 is 9.73 Å². The molecule has 0 atom stereocenters. The van der Waals surface area contributed by atoms with Crippen molar-refractivity contribution >= 4 is 45.1 Å². The van der Waals surface area contributed by atoms with Gasteiger partial charge in [-0.2, -0.15) is 0 Å². The third-order valence-corrected chi connectivity index (χ3v) is 4.57. The summed E-state index contributed by atoms with van der Waals surface area (Å²) in [7, 11) is 0. The van der Waals surface area contributed by atoms with Crippen molar-refractivity contribution in [2.45, 2.75) is 19.9 Å². The van der Waals surface area contributed by atoms with Crippen molar-refractivity contribution in [2.24, 2.45) is 0 Å². The zero-order chi connectivity index (χ0) is 19.0. The first-order valence-electron chi connectivity index (χ1n) is 8.45. The summed E-state index contributed by atoms with van der Waals surface area (Å²) in [5, 5.41) is 4.61. The largest absolute Gasteiger partial charge is 0.460 e. The number of furan rings is 1. The van der Waals surface area contributed by atoms with E-state index in [0.717, 1.165) is 11.1 Å². The van der Waals surface area contributed by atoms with Crippen LogP contribution in [0.5, 0.6) is 0 Å². The summed E-state index contributed by atoms with van der Waals surface area (Å²) in [5.41, 5.74) is 1.66. The molecule has 0 unspecified atom stereocenters. The summed E-state index contributed by atoms with van der Waals surface area (Å²) in [6.45, 7) is 2.08. The monoisotopic (exact) mass is 381 g/mol. The van der Waals surface area contributed by atoms with Crippen LogP contribution in [0, 0.1) is 6.92 Å². The van der Waals surface area contributed by atoms with Gasteiger partial charge in [-0.1, -0.05) is 23.7 Å². The fourth-order valence-electron chi connectivity index (χ4n) is 3.02. The highest BCUT2D eigenvalue weighted by molar-refractivity contribution is 6.35. The Labute approximate surface area is 159 Å². The number of anilines is 1. The number of aromatic nitrogens is 2. The second-order valence-electron chi connectivity index (χ2n) is 6.29. The predicted octanol–water partition coefficient (Wildman–Crippen LogP) is 4.13. The lowest BCUT2D eigenvalue weighted by Gasteiger charge is -2.08. The molecule has 0 spiro atoms. The normalized spacial score (nSPS) is 11.2. The maximum atomic E-state index is 12.5. The van der Waals surface area contributed by atoms with E-state index in [1.165, 1.54) is 10.9 Å². The van der Waals surface area contributed by atoms with E-state index >= 15 is 0 Å². The molecule has 2 aromatic carbocycles. The van der Waals surface area contributed by atoms with E-state index in [9.17, 15) is 9.59 Å². The van der Waals surface area contributed by atoms with Gasteiger partial charge in [0.2, 0.25) is 5.91 Å². The lowest BCUT2D eigenvalue weighted by Crippen LogP contribution is -2.23. The van der Waals surface area contributed by atoms with Gasteiger partial charge in [-0.05, 0) is 37.3 Å². The van der Waals surface area contributed by atoms with Gasteiger partial charge in [0.25, 0.3) is 5.56 Å². The average Bonchev–Trinajstić information content (AvgIpc) is 3.02. The molecule has 0 bridgehead atoms. The first-order valence-corrected chi connectivity index (χ1v) is 8.83. The van der Waals surface area contributed by atoms with Crippen LogP contribution in [-0.2, 0) is 11.3 Å². The van der Waals surface area contributed by atoms with Gasteiger partial charge in [-0.25, -0.2) is 4.98 Å². The van der Waals surface area contributed by atoms with Crippen molar-refractivity contribution in [3.8, 4) is 0 Å². The van der Waals surface area contributed by atoms with Gasteiger partial charge in [0.15, 0.2) is 5.58 Å². The van der Waals surface area contributed by atoms with Crippen LogP contribution >= 0.6 is 11.6 Å². The van der Waals surface area contributed by atoms with E-state index < -0.39 is 0 Å². The topological polar surface area (TPSA) is 77.1 Å². The number of benzene rings is 2. The lowest BCUT2D eigenvalue weighted by molar-refractivity contribution is -0.116. The minimum absolute atomic E-state index is 0.139. The first-order chi connectivity index (χ1) is 13.0. The molecular weight excluding hydrogens is 366 g/mol. The number of rotatable bonds is 4. The van der Waals surface area contributed by atoms with Crippen molar-refractivity contribution in [1.29, 1.82) is 0 Å². The van der Waals surface area contributed by atoms with Crippen molar-refractivity contribution in [2.75, 3.05) is 5.32 Å². The number of para-hydroxylation sites is 1.